The molecule has 6 heteroatoms. The van der Waals surface area contributed by atoms with E-state index in [4.69, 9.17) is 4.74 Å². The number of hydrogen-bond donors (Lipinski definition) is 0. The molecule has 0 saturated carbocycles. The van der Waals surface area contributed by atoms with Gasteiger partial charge < -0.3 is 4.74 Å². The molecule has 5 nitrogen and oxygen atoms in total. The summed E-state index contributed by atoms with van der Waals surface area (Å²) in [6.45, 7) is 0. The number of benzene rings is 1. The van der Waals surface area contributed by atoms with Crippen LogP contribution < -0.4 is 4.74 Å². The van der Waals surface area contributed by atoms with E-state index in [2.05, 4.69) is 20.9 Å². The predicted octanol–water partition coefficient (Wildman–Crippen LogP) is 3.05. The van der Waals surface area contributed by atoms with E-state index in [0.717, 1.165) is 16.5 Å². The van der Waals surface area contributed by atoms with E-state index in [1.165, 1.54) is 13.2 Å². The van der Waals surface area contributed by atoms with E-state index >= 15 is 0 Å². The molecule has 2 aromatic rings. The van der Waals surface area contributed by atoms with Gasteiger partial charge in [-0.3, -0.25) is 15.1 Å². The number of aromatic nitrogens is 1. The minimum Gasteiger partial charge on any atom is -0.490 e. The average molecular weight is 297 g/mol. The van der Waals surface area contributed by atoms with Crippen molar-refractivity contribution in [2.24, 2.45) is 0 Å². The van der Waals surface area contributed by atoms with Crippen LogP contribution in [0.5, 0.6) is 5.75 Å². The maximum Gasteiger partial charge on any atom is 0.311 e. The summed E-state index contributed by atoms with van der Waals surface area (Å²) in [6, 6.07) is 4.95. The number of methoxy groups -OCH3 is 1. The second-order valence-corrected chi connectivity index (χ2v) is 3.95. The topological polar surface area (TPSA) is 65.3 Å². The molecule has 0 bridgehead atoms. The highest BCUT2D eigenvalue weighted by Gasteiger charge is 2.17. The van der Waals surface area contributed by atoms with Gasteiger partial charge in [0.1, 0.15) is 0 Å². The van der Waals surface area contributed by atoms with Gasteiger partial charge in [0.15, 0.2) is 5.75 Å². The normalized spacial score (nSPS) is 10.5. The van der Waals surface area contributed by atoms with E-state index in [1.54, 1.807) is 18.3 Å². The first-order valence-electron chi connectivity index (χ1n) is 4.83. The Morgan fingerprint density at radius 3 is 2.88 bits per heavy atom. The first kappa shape index (κ1) is 11.8. The van der Waals surface area contributed by atoms with Gasteiger partial charge in [-0.05, 0) is 17.5 Å². The number of pyridine rings is 1. The minimum atomic E-state index is -0.455. The van der Waals surface area contributed by atoms with E-state index in [9.17, 15) is 10.1 Å². The number of ether oxygens (including phenoxy) is 1. The molecule has 0 atom stereocenters. The first-order valence-corrected chi connectivity index (χ1v) is 5.95. The van der Waals surface area contributed by atoms with Gasteiger partial charge in [-0.15, -0.1) is 0 Å². The highest BCUT2D eigenvalue weighted by molar-refractivity contribution is 9.08. The minimum absolute atomic E-state index is 0.0461. The Labute approximate surface area is 106 Å². The third-order valence-electron chi connectivity index (χ3n) is 2.47. The van der Waals surface area contributed by atoms with Gasteiger partial charge in [0.05, 0.1) is 17.7 Å². The molecular formula is C11H9BrN2O3. The lowest BCUT2D eigenvalue weighted by molar-refractivity contribution is -0.385. The highest BCUT2D eigenvalue weighted by atomic mass is 79.9. The van der Waals surface area contributed by atoms with E-state index < -0.39 is 4.92 Å². The van der Waals surface area contributed by atoms with Crippen LogP contribution in [-0.4, -0.2) is 17.0 Å². The van der Waals surface area contributed by atoms with Gasteiger partial charge in [0, 0.05) is 23.0 Å². The molecule has 88 valence electrons. The fraction of sp³-hybridized carbons (Fsp3) is 0.182. The lowest BCUT2D eigenvalue weighted by Crippen LogP contribution is -1.95. The molecule has 0 aliphatic heterocycles. The second-order valence-electron chi connectivity index (χ2n) is 3.39. The zero-order valence-electron chi connectivity index (χ0n) is 9.01. The predicted molar refractivity (Wildman–Crippen MR) is 67.6 cm³/mol. The van der Waals surface area contributed by atoms with Crippen molar-refractivity contribution in [1.82, 2.24) is 4.98 Å². The molecule has 0 saturated heterocycles. The van der Waals surface area contributed by atoms with E-state index in [0.29, 0.717) is 5.33 Å². The largest absolute Gasteiger partial charge is 0.490 e. The van der Waals surface area contributed by atoms with Crippen LogP contribution in [0.25, 0.3) is 10.8 Å². The van der Waals surface area contributed by atoms with Crippen LogP contribution in [0.2, 0.25) is 0 Å². The fourth-order valence-electron chi connectivity index (χ4n) is 1.66. The van der Waals surface area contributed by atoms with Gasteiger partial charge in [0.25, 0.3) is 0 Å². The smallest absolute Gasteiger partial charge is 0.311 e. The lowest BCUT2D eigenvalue weighted by Gasteiger charge is -2.06. The van der Waals surface area contributed by atoms with Crippen molar-refractivity contribution >= 4 is 32.4 Å². The molecule has 1 heterocycles. The zero-order valence-corrected chi connectivity index (χ0v) is 10.6. The molecule has 0 N–H and O–H groups in total. The number of nitrogens with zero attached hydrogens (tertiary/aromatic N) is 2. The van der Waals surface area contributed by atoms with Gasteiger partial charge >= 0.3 is 5.69 Å². The molecule has 0 radical (unpaired) electrons. The third-order valence-corrected chi connectivity index (χ3v) is 3.00. The monoisotopic (exact) mass is 296 g/mol. The molecule has 0 spiro atoms. The molecular weight excluding hydrogens is 288 g/mol. The molecule has 0 unspecified atom stereocenters. The fourth-order valence-corrected chi connectivity index (χ4v) is 2.11. The zero-order chi connectivity index (χ0) is 12.4. The lowest BCUT2D eigenvalue weighted by atomic mass is 10.1. The van der Waals surface area contributed by atoms with Crippen LogP contribution in [0.1, 0.15) is 5.69 Å². The summed E-state index contributed by atoms with van der Waals surface area (Å²) in [6.07, 6.45) is 1.67. The molecule has 0 fully saturated rings. The summed E-state index contributed by atoms with van der Waals surface area (Å²) in [4.78, 5) is 14.6. The number of halogens is 1. The van der Waals surface area contributed by atoms with Gasteiger partial charge in [-0.1, -0.05) is 15.9 Å². The standard InChI is InChI=1S/C11H9BrN2O3/c1-17-11-4-7-2-3-13-9(6-12)8(7)5-10(11)14(15)16/h2-5H,6H2,1H3. The molecule has 0 aliphatic carbocycles. The summed E-state index contributed by atoms with van der Waals surface area (Å²) >= 11 is 3.31. The summed E-state index contributed by atoms with van der Waals surface area (Å²) in [7, 11) is 1.42. The molecule has 1 aromatic carbocycles. The quantitative estimate of drug-likeness (QED) is 0.496. The van der Waals surface area contributed by atoms with Crippen LogP contribution in [0, 0.1) is 10.1 Å². The number of nitro groups is 1. The van der Waals surface area contributed by atoms with Crippen LogP contribution in [0.4, 0.5) is 5.69 Å². The Kier molecular flexibility index (Phi) is 3.23. The summed E-state index contributed by atoms with van der Waals surface area (Å²) in [5.41, 5.74) is 0.725. The molecule has 17 heavy (non-hydrogen) atoms. The van der Waals surface area contributed by atoms with Crippen LogP contribution >= 0.6 is 15.9 Å². The Morgan fingerprint density at radius 1 is 1.53 bits per heavy atom. The van der Waals surface area contributed by atoms with Crippen LogP contribution in [0.15, 0.2) is 24.4 Å². The Bertz CT molecular complexity index is 586. The van der Waals surface area contributed by atoms with Crippen molar-refractivity contribution in [3.05, 3.63) is 40.2 Å². The summed E-state index contributed by atoms with van der Waals surface area (Å²) < 4.78 is 5.01. The Morgan fingerprint density at radius 2 is 2.29 bits per heavy atom. The second kappa shape index (κ2) is 4.67. The molecule has 0 aliphatic rings. The molecule has 1 aromatic heterocycles. The maximum absolute atomic E-state index is 10.9. The number of alkyl halides is 1. The van der Waals surface area contributed by atoms with Crippen molar-refractivity contribution in [1.29, 1.82) is 0 Å². The number of fused-ring (bicyclic) bond motifs is 1. The van der Waals surface area contributed by atoms with Crippen LogP contribution in [0.3, 0.4) is 0 Å². The van der Waals surface area contributed by atoms with Crippen molar-refractivity contribution in [3.8, 4) is 5.75 Å². The van der Waals surface area contributed by atoms with Crippen LogP contribution in [-0.2, 0) is 5.33 Å². The first-order chi connectivity index (χ1) is 8.17. The van der Waals surface area contributed by atoms with Crippen molar-refractivity contribution in [2.75, 3.05) is 7.11 Å². The molecule has 0 amide bonds. The SMILES string of the molecule is COc1cc2ccnc(CBr)c2cc1[N+](=O)[O-]. The van der Waals surface area contributed by atoms with Crippen molar-refractivity contribution in [2.45, 2.75) is 5.33 Å². The third kappa shape index (κ3) is 2.08. The van der Waals surface area contributed by atoms with E-state index in [-0.39, 0.29) is 11.4 Å². The van der Waals surface area contributed by atoms with Crippen molar-refractivity contribution < 1.29 is 9.66 Å². The maximum atomic E-state index is 10.9. The van der Waals surface area contributed by atoms with Gasteiger partial charge in [-0.2, -0.15) is 0 Å². The summed E-state index contributed by atoms with van der Waals surface area (Å²) in [5.74, 6) is 0.259. The van der Waals surface area contributed by atoms with Gasteiger partial charge in [0.2, 0.25) is 0 Å². The van der Waals surface area contributed by atoms with E-state index in [1.807, 2.05) is 0 Å². The Balaban J connectivity index is 2.78. The Hall–Kier alpha value is -1.69. The summed E-state index contributed by atoms with van der Waals surface area (Å²) in [5, 5.41) is 13.1. The number of rotatable bonds is 3. The van der Waals surface area contributed by atoms with Gasteiger partial charge in [-0.25, -0.2) is 0 Å². The van der Waals surface area contributed by atoms with Crippen molar-refractivity contribution in [3.63, 3.8) is 0 Å². The average Bonchev–Trinajstić information content (AvgIpc) is 2.36. The highest BCUT2D eigenvalue weighted by Crippen LogP contribution is 2.33. The number of nitro benzene ring substituents is 1. The number of hydrogen-bond acceptors (Lipinski definition) is 4. The molecule has 2 rings (SSSR count).